The van der Waals surface area contributed by atoms with Crippen LogP contribution in [0.2, 0.25) is 0 Å². The summed E-state index contributed by atoms with van der Waals surface area (Å²) in [5.41, 5.74) is 1.57. The van der Waals surface area contributed by atoms with E-state index in [0.717, 1.165) is 10.5 Å². The first-order valence-electron chi connectivity index (χ1n) is 6.66. The molecular formula is C17H14N2O3. The highest BCUT2D eigenvalue weighted by atomic mass is 16.4. The number of carboxylic acid groups (broad SMARTS) is 1. The lowest BCUT2D eigenvalue weighted by atomic mass is 10.0. The molecule has 110 valence electrons. The van der Waals surface area contributed by atoms with Crippen molar-refractivity contribution in [1.29, 1.82) is 5.26 Å². The molecule has 22 heavy (non-hydrogen) atoms. The summed E-state index contributed by atoms with van der Waals surface area (Å²) < 4.78 is 0. The second kappa shape index (κ2) is 7.04. The summed E-state index contributed by atoms with van der Waals surface area (Å²) in [7, 11) is 0. The maximum Gasteiger partial charge on any atom is 0.327 e. The fourth-order valence-electron chi connectivity index (χ4n) is 2.19. The number of nitriles is 1. The number of amides is 1. The van der Waals surface area contributed by atoms with Crippen molar-refractivity contribution in [2.75, 3.05) is 4.90 Å². The molecule has 1 unspecified atom stereocenters. The predicted molar refractivity (Wildman–Crippen MR) is 81.3 cm³/mol. The summed E-state index contributed by atoms with van der Waals surface area (Å²) >= 11 is 0. The zero-order valence-electron chi connectivity index (χ0n) is 11.7. The normalized spacial score (nSPS) is 11.2. The van der Waals surface area contributed by atoms with Gasteiger partial charge in [-0.2, -0.15) is 5.26 Å². The molecule has 0 fully saturated rings. The van der Waals surface area contributed by atoms with Crippen molar-refractivity contribution >= 4 is 18.1 Å². The molecule has 5 heteroatoms. The molecule has 0 spiro atoms. The minimum Gasteiger partial charge on any atom is -0.480 e. The van der Waals surface area contributed by atoms with Gasteiger partial charge in [0.05, 0.1) is 11.6 Å². The third kappa shape index (κ3) is 3.49. The largest absolute Gasteiger partial charge is 0.480 e. The van der Waals surface area contributed by atoms with Gasteiger partial charge in [0.1, 0.15) is 6.04 Å². The van der Waals surface area contributed by atoms with Gasteiger partial charge in [-0.25, -0.2) is 4.79 Å². The predicted octanol–water partition coefficient (Wildman–Crippen LogP) is 2.22. The lowest BCUT2D eigenvalue weighted by Crippen LogP contribution is -2.42. The molecule has 5 nitrogen and oxygen atoms in total. The molecule has 0 aromatic heterocycles. The van der Waals surface area contributed by atoms with Crippen molar-refractivity contribution in [2.45, 2.75) is 12.5 Å². The van der Waals surface area contributed by atoms with Gasteiger partial charge < -0.3 is 10.0 Å². The van der Waals surface area contributed by atoms with E-state index in [2.05, 4.69) is 0 Å². The van der Waals surface area contributed by atoms with Crippen LogP contribution in [0, 0.1) is 11.3 Å². The van der Waals surface area contributed by atoms with Gasteiger partial charge in [0.25, 0.3) is 0 Å². The van der Waals surface area contributed by atoms with Crippen LogP contribution >= 0.6 is 0 Å². The molecule has 2 rings (SSSR count). The average Bonchev–Trinajstić information content (AvgIpc) is 2.55. The van der Waals surface area contributed by atoms with Gasteiger partial charge in [-0.05, 0) is 23.8 Å². The number of carbonyl (C=O) groups is 2. The highest BCUT2D eigenvalue weighted by Crippen LogP contribution is 2.19. The second-order valence-corrected chi connectivity index (χ2v) is 4.72. The molecule has 0 bridgehead atoms. The Labute approximate surface area is 128 Å². The third-order valence-electron chi connectivity index (χ3n) is 3.28. The SMILES string of the molecule is N#Cc1cccc(N(C=O)C(Cc2ccccc2)C(=O)O)c1. The molecule has 0 radical (unpaired) electrons. The Kier molecular flexibility index (Phi) is 4.89. The molecule has 1 N–H and O–H groups in total. The molecule has 0 heterocycles. The van der Waals surface area contributed by atoms with Crippen LogP contribution in [0.5, 0.6) is 0 Å². The van der Waals surface area contributed by atoms with E-state index >= 15 is 0 Å². The van der Waals surface area contributed by atoms with Crippen molar-refractivity contribution in [3.8, 4) is 6.07 Å². The topological polar surface area (TPSA) is 81.4 Å². The Morgan fingerprint density at radius 3 is 2.55 bits per heavy atom. The fourth-order valence-corrected chi connectivity index (χ4v) is 2.19. The number of hydrogen-bond donors (Lipinski definition) is 1. The molecule has 0 aliphatic heterocycles. The second-order valence-electron chi connectivity index (χ2n) is 4.72. The molecule has 1 atom stereocenters. The van der Waals surface area contributed by atoms with E-state index in [-0.39, 0.29) is 6.42 Å². The van der Waals surface area contributed by atoms with E-state index in [1.54, 1.807) is 18.2 Å². The zero-order valence-corrected chi connectivity index (χ0v) is 11.7. The maximum atomic E-state index is 11.6. The van der Waals surface area contributed by atoms with E-state index in [1.165, 1.54) is 6.07 Å². The van der Waals surface area contributed by atoms with Gasteiger partial charge in [-0.3, -0.25) is 4.79 Å². The first-order valence-corrected chi connectivity index (χ1v) is 6.66. The quantitative estimate of drug-likeness (QED) is 0.828. The molecule has 0 aliphatic carbocycles. The summed E-state index contributed by atoms with van der Waals surface area (Å²) in [4.78, 5) is 24.1. The molecule has 2 aromatic rings. The first-order chi connectivity index (χ1) is 10.7. The van der Waals surface area contributed by atoms with E-state index in [9.17, 15) is 14.7 Å². The summed E-state index contributed by atoms with van der Waals surface area (Å²) in [6, 6.07) is 16.3. The fraction of sp³-hybridized carbons (Fsp3) is 0.118. The summed E-state index contributed by atoms with van der Waals surface area (Å²) in [6.45, 7) is 0. The molecule has 0 aliphatic rings. The van der Waals surface area contributed by atoms with Crippen LogP contribution in [0.15, 0.2) is 54.6 Å². The van der Waals surface area contributed by atoms with Crippen LogP contribution in [0.3, 0.4) is 0 Å². The third-order valence-corrected chi connectivity index (χ3v) is 3.28. The van der Waals surface area contributed by atoms with E-state index in [1.807, 2.05) is 36.4 Å². The van der Waals surface area contributed by atoms with E-state index < -0.39 is 12.0 Å². The van der Waals surface area contributed by atoms with Crippen molar-refractivity contribution in [3.63, 3.8) is 0 Å². The number of anilines is 1. The number of nitrogens with zero attached hydrogens (tertiary/aromatic N) is 2. The van der Waals surface area contributed by atoms with Crippen LogP contribution in [0.4, 0.5) is 5.69 Å². The lowest BCUT2D eigenvalue weighted by molar-refractivity contribution is -0.139. The number of carboxylic acids is 1. The summed E-state index contributed by atoms with van der Waals surface area (Å²) in [5.74, 6) is -1.10. The van der Waals surface area contributed by atoms with Crippen molar-refractivity contribution in [1.82, 2.24) is 0 Å². The van der Waals surface area contributed by atoms with Crippen molar-refractivity contribution in [3.05, 3.63) is 65.7 Å². The Hall–Kier alpha value is -3.13. The monoisotopic (exact) mass is 294 g/mol. The van der Waals surface area contributed by atoms with Crippen LogP contribution in [0.1, 0.15) is 11.1 Å². The van der Waals surface area contributed by atoms with Gasteiger partial charge in [0.2, 0.25) is 6.41 Å². The summed E-state index contributed by atoms with van der Waals surface area (Å²) in [5, 5.41) is 18.4. The van der Waals surface area contributed by atoms with Gasteiger partial charge in [-0.1, -0.05) is 36.4 Å². The van der Waals surface area contributed by atoms with E-state index in [0.29, 0.717) is 17.7 Å². The zero-order chi connectivity index (χ0) is 15.9. The van der Waals surface area contributed by atoms with Crippen LogP contribution in [-0.4, -0.2) is 23.5 Å². The van der Waals surface area contributed by atoms with Crippen LogP contribution in [0.25, 0.3) is 0 Å². The van der Waals surface area contributed by atoms with Gasteiger partial charge >= 0.3 is 5.97 Å². The van der Waals surface area contributed by atoms with Gasteiger partial charge in [-0.15, -0.1) is 0 Å². The number of carbonyl (C=O) groups excluding carboxylic acids is 1. The Morgan fingerprint density at radius 2 is 1.95 bits per heavy atom. The Bertz CT molecular complexity index is 707. The molecule has 1 amide bonds. The number of aliphatic carboxylic acids is 1. The number of rotatable bonds is 6. The van der Waals surface area contributed by atoms with E-state index in [4.69, 9.17) is 5.26 Å². The molecule has 0 saturated carbocycles. The highest BCUT2D eigenvalue weighted by Gasteiger charge is 2.26. The molecule has 2 aromatic carbocycles. The maximum absolute atomic E-state index is 11.6. The van der Waals surface area contributed by atoms with Crippen LogP contribution < -0.4 is 4.90 Å². The summed E-state index contributed by atoms with van der Waals surface area (Å²) in [6.07, 6.45) is 0.671. The average molecular weight is 294 g/mol. The van der Waals surface area contributed by atoms with Crippen LogP contribution in [-0.2, 0) is 16.0 Å². The standard InChI is InChI=1S/C17H14N2O3/c18-11-14-7-4-8-15(9-14)19(12-20)16(17(21)22)10-13-5-2-1-3-6-13/h1-9,12,16H,10H2,(H,21,22). The number of hydrogen-bond acceptors (Lipinski definition) is 3. The minimum atomic E-state index is -1.10. The lowest BCUT2D eigenvalue weighted by Gasteiger charge is -2.25. The van der Waals surface area contributed by atoms with Gasteiger partial charge in [0, 0.05) is 12.1 Å². The highest BCUT2D eigenvalue weighted by molar-refractivity contribution is 5.88. The molecular weight excluding hydrogens is 280 g/mol. The Morgan fingerprint density at radius 1 is 1.23 bits per heavy atom. The van der Waals surface area contributed by atoms with Crippen molar-refractivity contribution in [2.24, 2.45) is 0 Å². The Balaban J connectivity index is 2.34. The molecule has 0 saturated heterocycles. The number of benzene rings is 2. The first kappa shape index (κ1) is 15.3. The van der Waals surface area contributed by atoms with Crippen molar-refractivity contribution < 1.29 is 14.7 Å². The smallest absolute Gasteiger partial charge is 0.327 e. The van der Waals surface area contributed by atoms with Gasteiger partial charge in [0.15, 0.2) is 0 Å². The minimum absolute atomic E-state index is 0.186.